The lowest BCUT2D eigenvalue weighted by molar-refractivity contribution is 1.02. The minimum absolute atomic E-state index is 0.802. The number of rotatable bonds is 3. The van der Waals surface area contributed by atoms with Gasteiger partial charge in [0.05, 0.1) is 0 Å². The van der Waals surface area contributed by atoms with E-state index in [1.54, 1.807) is 0 Å². The Morgan fingerprint density at radius 3 is 2.93 bits per heavy atom. The Kier molecular flexibility index (Phi) is 2.97. The Morgan fingerprint density at radius 1 is 1.50 bits per heavy atom. The SMILES string of the molecule is CC/N=C\C(=C1\C=CC=CC1)C1CC1. The molecule has 74 valence electrons. The smallest absolute Gasteiger partial charge is 0.0361 e. The van der Waals surface area contributed by atoms with E-state index >= 15 is 0 Å². The summed E-state index contributed by atoms with van der Waals surface area (Å²) in [6, 6.07) is 0. The highest BCUT2D eigenvalue weighted by Crippen LogP contribution is 2.38. The van der Waals surface area contributed by atoms with Crippen LogP contribution in [0.2, 0.25) is 0 Å². The van der Waals surface area contributed by atoms with Crippen molar-refractivity contribution in [3.05, 3.63) is 35.5 Å². The van der Waals surface area contributed by atoms with Crippen LogP contribution in [-0.4, -0.2) is 12.8 Å². The molecule has 0 aromatic carbocycles. The minimum Gasteiger partial charge on any atom is -0.293 e. The molecule has 0 atom stereocenters. The van der Waals surface area contributed by atoms with Crippen molar-refractivity contribution in [1.82, 2.24) is 0 Å². The predicted molar refractivity (Wildman–Crippen MR) is 61.7 cm³/mol. The van der Waals surface area contributed by atoms with Crippen LogP contribution >= 0.6 is 0 Å². The summed E-state index contributed by atoms with van der Waals surface area (Å²) in [6.45, 7) is 2.98. The first-order valence-corrected chi connectivity index (χ1v) is 5.48. The van der Waals surface area contributed by atoms with Crippen molar-refractivity contribution in [2.75, 3.05) is 6.54 Å². The molecule has 0 spiro atoms. The molecule has 0 N–H and O–H groups in total. The number of nitrogens with zero attached hydrogens (tertiary/aromatic N) is 1. The van der Waals surface area contributed by atoms with E-state index in [1.165, 1.54) is 24.0 Å². The van der Waals surface area contributed by atoms with Crippen LogP contribution in [-0.2, 0) is 0 Å². The van der Waals surface area contributed by atoms with Gasteiger partial charge in [0.15, 0.2) is 0 Å². The van der Waals surface area contributed by atoms with Crippen LogP contribution < -0.4 is 0 Å². The molecule has 2 rings (SSSR count). The second kappa shape index (κ2) is 4.41. The van der Waals surface area contributed by atoms with E-state index in [0.717, 1.165) is 18.9 Å². The van der Waals surface area contributed by atoms with Crippen LogP contribution in [0.3, 0.4) is 0 Å². The van der Waals surface area contributed by atoms with Crippen LogP contribution in [0.15, 0.2) is 40.4 Å². The van der Waals surface area contributed by atoms with Gasteiger partial charge in [0.2, 0.25) is 0 Å². The number of allylic oxidation sites excluding steroid dienone is 6. The van der Waals surface area contributed by atoms with E-state index < -0.39 is 0 Å². The zero-order valence-electron chi connectivity index (χ0n) is 8.74. The Hall–Kier alpha value is -1.11. The molecule has 14 heavy (non-hydrogen) atoms. The highest BCUT2D eigenvalue weighted by atomic mass is 14.7. The molecule has 0 bridgehead atoms. The fourth-order valence-electron chi connectivity index (χ4n) is 1.76. The molecule has 0 aromatic rings. The molecule has 0 radical (unpaired) electrons. The highest BCUT2D eigenvalue weighted by molar-refractivity contribution is 5.82. The fraction of sp³-hybridized carbons (Fsp3) is 0.462. The lowest BCUT2D eigenvalue weighted by Gasteiger charge is -2.08. The first-order valence-electron chi connectivity index (χ1n) is 5.48. The van der Waals surface area contributed by atoms with Gasteiger partial charge in [-0.1, -0.05) is 24.3 Å². The average Bonchev–Trinajstić information content (AvgIpc) is 3.04. The van der Waals surface area contributed by atoms with Gasteiger partial charge in [0.25, 0.3) is 0 Å². The molecule has 1 heteroatoms. The Morgan fingerprint density at radius 2 is 2.36 bits per heavy atom. The zero-order chi connectivity index (χ0) is 9.80. The summed E-state index contributed by atoms with van der Waals surface area (Å²) in [6.07, 6.45) is 14.6. The molecular weight excluding hydrogens is 170 g/mol. The fourth-order valence-corrected chi connectivity index (χ4v) is 1.76. The van der Waals surface area contributed by atoms with Crippen molar-refractivity contribution in [2.45, 2.75) is 26.2 Å². The van der Waals surface area contributed by atoms with E-state index in [9.17, 15) is 0 Å². The Bertz CT molecular complexity index is 314. The predicted octanol–water partition coefficient (Wildman–Crippen LogP) is 3.30. The topological polar surface area (TPSA) is 12.4 Å². The van der Waals surface area contributed by atoms with E-state index in [2.05, 4.69) is 42.4 Å². The van der Waals surface area contributed by atoms with Crippen molar-refractivity contribution in [3.8, 4) is 0 Å². The largest absolute Gasteiger partial charge is 0.293 e. The molecular formula is C13H17N. The van der Waals surface area contributed by atoms with Gasteiger partial charge in [-0.15, -0.1) is 0 Å². The molecule has 0 aliphatic heterocycles. The Balaban J connectivity index is 2.19. The molecule has 0 aromatic heterocycles. The molecule has 1 fully saturated rings. The standard InChI is InChI=1S/C13H17N/c1-2-14-10-13(12-8-9-12)11-6-4-3-5-7-11/h3-6,10,12H,2,7-9H2,1H3/b13-11+,14-10-. The molecule has 2 aliphatic rings. The van der Waals surface area contributed by atoms with Gasteiger partial charge in [0.1, 0.15) is 0 Å². The number of aliphatic imine (C=N–C) groups is 1. The lowest BCUT2D eigenvalue weighted by Crippen LogP contribution is -1.96. The molecule has 0 saturated heterocycles. The van der Waals surface area contributed by atoms with E-state index in [-0.39, 0.29) is 0 Å². The minimum atomic E-state index is 0.802. The summed E-state index contributed by atoms with van der Waals surface area (Å²) in [7, 11) is 0. The molecule has 0 heterocycles. The summed E-state index contributed by atoms with van der Waals surface area (Å²) in [5, 5.41) is 0. The van der Waals surface area contributed by atoms with Gasteiger partial charge >= 0.3 is 0 Å². The van der Waals surface area contributed by atoms with Gasteiger partial charge in [-0.05, 0) is 43.3 Å². The maximum Gasteiger partial charge on any atom is 0.0361 e. The molecule has 0 unspecified atom stereocenters. The average molecular weight is 187 g/mol. The van der Waals surface area contributed by atoms with Crippen molar-refractivity contribution in [3.63, 3.8) is 0 Å². The van der Waals surface area contributed by atoms with Gasteiger partial charge in [-0.2, -0.15) is 0 Å². The maximum atomic E-state index is 4.37. The van der Waals surface area contributed by atoms with Crippen LogP contribution in [0.25, 0.3) is 0 Å². The molecule has 0 amide bonds. The summed E-state index contributed by atoms with van der Waals surface area (Å²) < 4.78 is 0. The first kappa shape index (κ1) is 9.45. The molecule has 2 aliphatic carbocycles. The van der Waals surface area contributed by atoms with Crippen molar-refractivity contribution in [1.29, 1.82) is 0 Å². The summed E-state index contributed by atoms with van der Waals surface area (Å²) in [5.41, 5.74) is 2.94. The van der Waals surface area contributed by atoms with Gasteiger partial charge < -0.3 is 0 Å². The second-order valence-electron chi connectivity index (χ2n) is 3.87. The quantitative estimate of drug-likeness (QED) is 0.601. The highest BCUT2D eigenvalue weighted by Gasteiger charge is 2.26. The number of hydrogen-bond donors (Lipinski definition) is 0. The summed E-state index contributed by atoms with van der Waals surface area (Å²) in [5.74, 6) is 0.802. The van der Waals surface area contributed by atoms with Crippen molar-refractivity contribution < 1.29 is 0 Å². The number of hydrogen-bond acceptors (Lipinski definition) is 1. The van der Waals surface area contributed by atoms with Gasteiger partial charge in [-0.3, -0.25) is 4.99 Å². The lowest BCUT2D eigenvalue weighted by atomic mass is 9.99. The van der Waals surface area contributed by atoms with E-state index in [4.69, 9.17) is 0 Å². The van der Waals surface area contributed by atoms with E-state index in [1.807, 2.05) is 0 Å². The first-order chi connectivity index (χ1) is 6.92. The van der Waals surface area contributed by atoms with Crippen LogP contribution in [0.5, 0.6) is 0 Å². The molecule has 1 saturated carbocycles. The summed E-state index contributed by atoms with van der Waals surface area (Å²) in [4.78, 5) is 4.37. The van der Waals surface area contributed by atoms with E-state index in [0.29, 0.717) is 0 Å². The third-order valence-electron chi connectivity index (χ3n) is 2.68. The zero-order valence-corrected chi connectivity index (χ0v) is 8.74. The monoisotopic (exact) mass is 187 g/mol. The normalized spacial score (nSPS) is 24.6. The van der Waals surface area contributed by atoms with Gasteiger partial charge in [-0.25, -0.2) is 0 Å². The third-order valence-corrected chi connectivity index (χ3v) is 2.68. The van der Waals surface area contributed by atoms with Crippen LogP contribution in [0.1, 0.15) is 26.2 Å². The maximum absolute atomic E-state index is 4.37. The van der Waals surface area contributed by atoms with Crippen LogP contribution in [0, 0.1) is 5.92 Å². The van der Waals surface area contributed by atoms with Crippen molar-refractivity contribution in [2.24, 2.45) is 10.9 Å². The molecule has 1 nitrogen and oxygen atoms in total. The van der Waals surface area contributed by atoms with Gasteiger partial charge in [0, 0.05) is 12.8 Å². The summed E-state index contributed by atoms with van der Waals surface area (Å²) >= 11 is 0. The third kappa shape index (κ3) is 2.22. The second-order valence-corrected chi connectivity index (χ2v) is 3.87. The Labute approximate surface area is 85.9 Å². The van der Waals surface area contributed by atoms with Crippen LogP contribution in [0.4, 0.5) is 0 Å². The van der Waals surface area contributed by atoms with Crippen molar-refractivity contribution >= 4 is 6.21 Å².